The Morgan fingerprint density at radius 3 is 2.48 bits per heavy atom. The predicted octanol–water partition coefficient (Wildman–Crippen LogP) is 3.30. The van der Waals surface area contributed by atoms with Crippen LogP contribution in [0.15, 0.2) is 61.2 Å². The fourth-order valence-electron chi connectivity index (χ4n) is 2.07. The fraction of sp³-hybridized carbons (Fsp3) is 0.158. The Balaban J connectivity index is 1.78. The Hall–Kier alpha value is -2.79. The third-order valence-corrected chi connectivity index (χ3v) is 3.75. The Morgan fingerprint density at radius 1 is 1.08 bits per heavy atom. The second-order valence-corrected chi connectivity index (χ2v) is 5.62. The average Bonchev–Trinajstić information content (AvgIpc) is 2.64. The smallest absolute Gasteiger partial charge is 0.269 e. The third kappa shape index (κ3) is 5.97. The lowest BCUT2D eigenvalue weighted by molar-refractivity contribution is -0.121. The van der Waals surface area contributed by atoms with Crippen LogP contribution >= 0.6 is 11.6 Å². The number of hydrazine groups is 1. The van der Waals surface area contributed by atoms with Gasteiger partial charge in [0.2, 0.25) is 5.91 Å². The van der Waals surface area contributed by atoms with Crippen LogP contribution in [-0.2, 0) is 11.2 Å². The number of amides is 2. The molecule has 0 atom stereocenters. The Kier molecular flexibility index (Phi) is 7.04. The maximum atomic E-state index is 12.0. The second kappa shape index (κ2) is 9.49. The van der Waals surface area contributed by atoms with E-state index in [1.165, 1.54) is 0 Å². The molecule has 5 nitrogen and oxygen atoms in total. The number of halogens is 1. The van der Waals surface area contributed by atoms with Crippen LogP contribution in [0.1, 0.15) is 22.3 Å². The lowest BCUT2D eigenvalue weighted by Crippen LogP contribution is -2.41. The van der Waals surface area contributed by atoms with Crippen LogP contribution in [0.3, 0.4) is 0 Å². The number of carbonyl (C=O) groups is 2. The normalized spacial score (nSPS) is 9.96. The highest BCUT2D eigenvalue weighted by Crippen LogP contribution is 2.16. The Morgan fingerprint density at radius 2 is 1.80 bits per heavy atom. The highest BCUT2D eigenvalue weighted by molar-refractivity contribution is 6.31. The van der Waals surface area contributed by atoms with Gasteiger partial charge in [-0.05, 0) is 42.3 Å². The molecule has 0 radical (unpaired) electrons. The molecule has 6 heteroatoms. The maximum Gasteiger partial charge on any atom is 0.269 e. The molecule has 0 unspecified atom stereocenters. The van der Waals surface area contributed by atoms with Crippen molar-refractivity contribution in [1.82, 2.24) is 10.9 Å². The molecule has 0 heterocycles. The van der Waals surface area contributed by atoms with Crippen LogP contribution < -0.4 is 15.6 Å². The van der Waals surface area contributed by atoms with Gasteiger partial charge in [0, 0.05) is 17.0 Å². The molecule has 0 fully saturated rings. The van der Waals surface area contributed by atoms with Gasteiger partial charge in [-0.3, -0.25) is 20.4 Å². The molecule has 0 bridgehead atoms. The zero-order valence-electron chi connectivity index (χ0n) is 13.6. The number of ether oxygens (including phenoxy) is 1. The van der Waals surface area contributed by atoms with Crippen molar-refractivity contribution in [3.05, 3.63) is 77.3 Å². The summed E-state index contributed by atoms with van der Waals surface area (Å²) in [6.07, 6.45) is 2.35. The van der Waals surface area contributed by atoms with Gasteiger partial charge in [-0.25, -0.2) is 0 Å². The molecule has 2 rings (SSSR count). The lowest BCUT2D eigenvalue weighted by atomic mass is 10.1. The minimum absolute atomic E-state index is 0.221. The summed E-state index contributed by atoms with van der Waals surface area (Å²) in [5.41, 5.74) is 6.08. The van der Waals surface area contributed by atoms with E-state index >= 15 is 0 Å². The Labute approximate surface area is 151 Å². The highest BCUT2D eigenvalue weighted by atomic mass is 35.5. The van der Waals surface area contributed by atoms with Crippen molar-refractivity contribution in [1.29, 1.82) is 0 Å². The molecule has 0 aromatic heterocycles. The first kappa shape index (κ1) is 18.5. The molecule has 0 saturated carbocycles. The molecule has 130 valence electrons. The first-order valence-electron chi connectivity index (χ1n) is 7.76. The van der Waals surface area contributed by atoms with E-state index in [4.69, 9.17) is 16.3 Å². The van der Waals surface area contributed by atoms with E-state index in [9.17, 15) is 9.59 Å². The van der Waals surface area contributed by atoms with Crippen LogP contribution in [0.2, 0.25) is 5.02 Å². The topological polar surface area (TPSA) is 67.4 Å². The minimum Gasteiger partial charge on any atom is -0.490 e. The largest absolute Gasteiger partial charge is 0.490 e. The van der Waals surface area contributed by atoms with E-state index in [1.54, 1.807) is 36.4 Å². The average molecular weight is 359 g/mol. The van der Waals surface area contributed by atoms with Gasteiger partial charge in [-0.2, -0.15) is 0 Å². The van der Waals surface area contributed by atoms with Gasteiger partial charge in [0.1, 0.15) is 12.4 Å². The van der Waals surface area contributed by atoms with E-state index in [0.717, 1.165) is 5.56 Å². The molecule has 2 aromatic carbocycles. The number of hydrogen-bond donors (Lipinski definition) is 2. The summed E-state index contributed by atoms with van der Waals surface area (Å²) in [6, 6.07) is 13.9. The van der Waals surface area contributed by atoms with Crippen molar-refractivity contribution >= 4 is 23.4 Å². The summed E-state index contributed by atoms with van der Waals surface area (Å²) in [6.45, 7) is 3.96. The van der Waals surface area contributed by atoms with Gasteiger partial charge < -0.3 is 4.74 Å². The molecule has 2 N–H and O–H groups in total. The van der Waals surface area contributed by atoms with E-state index in [1.807, 2.05) is 18.2 Å². The molecule has 25 heavy (non-hydrogen) atoms. The van der Waals surface area contributed by atoms with Gasteiger partial charge in [0.05, 0.1) is 0 Å². The summed E-state index contributed by atoms with van der Waals surface area (Å²) in [4.78, 5) is 23.8. The van der Waals surface area contributed by atoms with Crippen molar-refractivity contribution in [2.45, 2.75) is 12.8 Å². The molecular weight excluding hydrogens is 340 g/mol. The van der Waals surface area contributed by atoms with Crippen LogP contribution in [-0.4, -0.2) is 18.4 Å². The van der Waals surface area contributed by atoms with E-state index in [2.05, 4.69) is 17.4 Å². The van der Waals surface area contributed by atoms with Gasteiger partial charge in [0.15, 0.2) is 0 Å². The molecule has 0 spiro atoms. The summed E-state index contributed by atoms with van der Waals surface area (Å²) in [5, 5.41) is 0.623. The molecular formula is C19H19ClN2O3. The highest BCUT2D eigenvalue weighted by Gasteiger charge is 2.08. The van der Waals surface area contributed by atoms with Crippen molar-refractivity contribution in [2.75, 3.05) is 6.61 Å². The number of carbonyl (C=O) groups excluding carboxylic acids is 2. The first-order valence-corrected chi connectivity index (χ1v) is 8.14. The van der Waals surface area contributed by atoms with Crippen molar-refractivity contribution < 1.29 is 14.3 Å². The zero-order chi connectivity index (χ0) is 18.1. The van der Waals surface area contributed by atoms with Crippen LogP contribution in [0, 0.1) is 0 Å². The van der Waals surface area contributed by atoms with Gasteiger partial charge in [-0.1, -0.05) is 42.5 Å². The summed E-state index contributed by atoms with van der Waals surface area (Å²) >= 11 is 6.04. The third-order valence-electron chi connectivity index (χ3n) is 3.38. The summed E-state index contributed by atoms with van der Waals surface area (Å²) in [7, 11) is 0. The van der Waals surface area contributed by atoms with E-state index in [-0.39, 0.29) is 12.3 Å². The minimum atomic E-state index is -0.402. The van der Waals surface area contributed by atoms with Crippen LogP contribution in [0.5, 0.6) is 5.75 Å². The monoisotopic (exact) mass is 358 g/mol. The van der Waals surface area contributed by atoms with Crippen LogP contribution in [0.4, 0.5) is 0 Å². The molecule has 0 aliphatic carbocycles. The fourth-order valence-corrected chi connectivity index (χ4v) is 2.30. The van der Waals surface area contributed by atoms with Gasteiger partial charge in [0.25, 0.3) is 5.91 Å². The number of benzene rings is 2. The quantitative estimate of drug-likeness (QED) is 0.589. The lowest BCUT2D eigenvalue weighted by Gasteiger charge is -2.09. The zero-order valence-corrected chi connectivity index (χ0v) is 14.4. The second-order valence-electron chi connectivity index (χ2n) is 5.22. The number of rotatable bonds is 7. The summed E-state index contributed by atoms with van der Waals surface area (Å²) in [5.74, 6) is -0.0548. The molecule has 0 saturated heterocycles. The molecule has 0 aliphatic rings. The maximum absolute atomic E-state index is 12.0. The van der Waals surface area contributed by atoms with Gasteiger partial charge in [-0.15, -0.1) is 0 Å². The van der Waals surface area contributed by atoms with Crippen molar-refractivity contribution in [2.24, 2.45) is 0 Å². The van der Waals surface area contributed by atoms with E-state index < -0.39 is 5.91 Å². The molecule has 2 amide bonds. The van der Waals surface area contributed by atoms with E-state index in [0.29, 0.717) is 29.4 Å². The molecule has 2 aromatic rings. The molecule has 0 aliphatic heterocycles. The van der Waals surface area contributed by atoms with Crippen molar-refractivity contribution in [3.63, 3.8) is 0 Å². The number of hydrogen-bond acceptors (Lipinski definition) is 3. The number of aryl methyl sites for hydroxylation is 1. The van der Waals surface area contributed by atoms with Gasteiger partial charge >= 0.3 is 0 Å². The number of nitrogens with one attached hydrogen (secondary N) is 2. The summed E-state index contributed by atoms with van der Waals surface area (Å²) < 4.78 is 5.34. The van der Waals surface area contributed by atoms with Crippen LogP contribution in [0.25, 0.3) is 0 Å². The Bertz CT molecular complexity index is 745. The predicted molar refractivity (Wildman–Crippen MR) is 97.5 cm³/mol. The SMILES string of the molecule is C=CCOc1ccc(C(=O)NNC(=O)CCc2ccccc2Cl)cc1. The standard InChI is InChI=1S/C19H19ClN2O3/c1-2-13-25-16-10-7-15(8-11-16)19(24)22-21-18(23)12-9-14-5-3-4-6-17(14)20/h2-8,10-11H,1,9,12-13H2,(H,21,23)(H,22,24). The first-order chi connectivity index (χ1) is 12.1. The van der Waals surface area contributed by atoms with Crippen molar-refractivity contribution in [3.8, 4) is 5.75 Å².